The van der Waals surface area contributed by atoms with E-state index in [9.17, 15) is 23.1 Å². The van der Waals surface area contributed by atoms with Crippen LogP contribution in [-0.4, -0.2) is 24.4 Å². The first-order valence-corrected chi connectivity index (χ1v) is 10.3. The molecular formula is C24H19ClF3NO3. The van der Waals surface area contributed by atoms with Gasteiger partial charge in [-0.3, -0.25) is 4.90 Å². The van der Waals surface area contributed by atoms with Gasteiger partial charge in [-0.15, -0.1) is 0 Å². The van der Waals surface area contributed by atoms with Crippen LogP contribution >= 0.6 is 11.6 Å². The van der Waals surface area contributed by atoms with E-state index in [1.165, 1.54) is 59.5 Å². The molecule has 1 N–H and O–H groups in total. The molecule has 166 valence electrons. The van der Waals surface area contributed by atoms with E-state index < -0.39 is 29.1 Å². The minimum Gasteiger partial charge on any atom is -0.437 e. The van der Waals surface area contributed by atoms with Crippen LogP contribution in [0.5, 0.6) is 0 Å². The number of carbonyl (C=O) groups excluding carboxylic acids is 1. The molecule has 0 radical (unpaired) electrons. The number of ether oxygens (including phenoxy) is 1. The molecule has 3 aromatic rings. The Kier molecular flexibility index (Phi) is 6.13. The van der Waals surface area contributed by atoms with Crippen molar-refractivity contribution in [1.82, 2.24) is 0 Å². The fourth-order valence-electron chi connectivity index (χ4n) is 3.94. The summed E-state index contributed by atoms with van der Waals surface area (Å²) in [6.45, 7) is -0.00709. The van der Waals surface area contributed by atoms with Gasteiger partial charge in [0.1, 0.15) is 23.1 Å². The molecule has 1 aliphatic heterocycles. The van der Waals surface area contributed by atoms with Crippen molar-refractivity contribution in [2.24, 2.45) is 0 Å². The van der Waals surface area contributed by atoms with Gasteiger partial charge in [-0.05, 0) is 54.1 Å². The fraction of sp³-hybridized carbons (Fsp3) is 0.208. The molecule has 0 bridgehead atoms. The second-order valence-corrected chi connectivity index (χ2v) is 7.94. The summed E-state index contributed by atoms with van der Waals surface area (Å²) in [5, 5.41) is 9.59. The third-order valence-electron chi connectivity index (χ3n) is 5.61. The van der Waals surface area contributed by atoms with E-state index in [1.54, 1.807) is 0 Å². The molecule has 4 nitrogen and oxygen atoms in total. The summed E-state index contributed by atoms with van der Waals surface area (Å²) in [5.41, 5.74) is 0.270. The van der Waals surface area contributed by atoms with Crippen molar-refractivity contribution in [3.8, 4) is 11.1 Å². The van der Waals surface area contributed by atoms with Crippen molar-refractivity contribution in [2.45, 2.75) is 18.4 Å². The molecule has 0 spiro atoms. The second-order valence-electron chi connectivity index (χ2n) is 7.53. The van der Waals surface area contributed by atoms with E-state index in [1.807, 2.05) is 0 Å². The van der Waals surface area contributed by atoms with Crippen molar-refractivity contribution in [3.63, 3.8) is 0 Å². The van der Waals surface area contributed by atoms with Gasteiger partial charge in [0.2, 0.25) is 0 Å². The largest absolute Gasteiger partial charge is 0.437 e. The van der Waals surface area contributed by atoms with E-state index in [4.69, 9.17) is 16.3 Å². The first-order valence-electron chi connectivity index (χ1n) is 9.95. The molecule has 1 aliphatic rings. The van der Waals surface area contributed by atoms with E-state index >= 15 is 0 Å². The smallest absolute Gasteiger partial charge is 0.415 e. The van der Waals surface area contributed by atoms with Crippen LogP contribution in [0.2, 0.25) is 5.02 Å². The summed E-state index contributed by atoms with van der Waals surface area (Å²) in [4.78, 5) is 14.3. The van der Waals surface area contributed by atoms with Crippen LogP contribution in [0.25, 0.3) is 11.1 Å². The summed E-state index contributed by atoms with van der Waals surface area (Å²) in [7, 11) is 0. The van der Waals surface area contributed by atoms with Gasteiger partial charge in [0.15, 0.2) is 0 Å². The quantitative estimate of drug-likeness (QED) is 0.503. The van der Waals surface area contributed by atoms with Gasteiger partial charge >= 0.3 is 6.09 Å². The maximum atomic E-state index is 14.5. The number of carbonyl (C=O) groups is 1. The molecule has 1 heterocycles. The molecule has 4 rings (SSSR count). The third kappa shape index (κ3) is 4.18. The lowest BCUT2D eigenvalue weighted by atomic mass is 9.86. The number of amides is 1. The second kappa shape index (κ2) is 8.84. The van der Waals surface area contributed by atoms with Crippen LogP contribution in [0, 0.1) is 17.5 Å². The Bertz CT molecular complexity index is 1160. The van der Waals surface area contributed by atoms with Crippen LogP contribution in [-0.2, 0) is 10.3 Å². The highest BCUT2D eigenvalue weighted by Crippen LogP contribution is 2.40. The van der Waals surface area contributed by atoms with Crippen LogP contribution in [0.15, 0.2) is 60.7 Å². The fourth-order valence-corrected chi connectivity index (χ4v) is 4.21. The van der Waals surface area contributed by atoms with Crippen molar-refractivity contribution < 1.29 is 27.8 Å². The number of hydrogen-bond acceptors (Lipinski definition) is 3. The molecule has 1 unspecified atom stereocenters. The number of nitrogens with zero attached hydrogens (tertiary/aromatic N) is 1. The van der Waals surface area contributed by atoms with Crippen LogP contribution in [0.1, 0.15) is 18.4 Å². The van der Waals surface area contributed by atoms with Crippen LogP contribution in [0.4, 0.5) is 23.7 Å². The highest BCUT2D eigenvalue weighted by Gasteiger charge is 2.42. The molecule has 0 saturated carbocycles. The maximum absolute atomic E-state index is 14.5. The lowest BCUT2D eigenvalue weighted by Crippen LogP contribution is -2.48. The normalized spacial score (nSPS) is 18.5. The predicted molar refractivity (Wildman–Crippen MR) is 115 cm³/mol. The van der Waals surface area contributed by atoms with Crippen molar-refractivity contribution in [2.75, 3.05) is 18.1 Å². The summed E-state index contributed by atoms with van der Waals surface area (Å²) in [6, 6.07) is 13.3. The number of aliphatic hydroxyl groups excluding tert-OH is 1. The summed E-state index contributed by atoms with van der Waals surface area (Å²) in [6.07, 6.45) is -0.204. The number of hydrogen-bond donors (Lipinski definition) is 1. The molecule has 1 atom stereocenters. The zero-order valence-electron chi connectivity index (χ0n) is 16.8. The zero-order chi connectivity index (χ0) is 22.9. The highest BCUT2D eigenvalue weighted by molar-refractivity contribution is 6.33. The van der Waals surface area contributed by atoms with E-state index in [-0.39, 0.29) is 30.2 Å². The number of halogens is 4. The Balaban J connectivity index is 1.65. The molecule has 8 heteroatoms. The van der Waals surface area contributed by atoms with Gasteiger partial charge in [0, 0.05) is 42.8 Å². The third-order valence-corrected chi connectivity index (χ3v) is 5.92. The SMILES string of the molecule is O=C1OC(CCO)(c2ccc(F)cc2)CCN1c1ccc(F)c(-c2ccc(F)cc2Cl)c1. The highest BCUT2D eigenvalue weighted by atomic mass is 35.5. The van der Waals surface area contributed by atoms with E-state index in [2.05, 4.69) is 0 Å². The maximum Gasteiger partial charge on any atom is 0.415 e. The Morgan fingerprint density at radius 1 is 0.969 bits per heavy atom. The van der Waals surface area contributed by atoms with Gasteiger partial charge in [-0.1, -0.05) is 23.7 Å². The molecule has 1 fully saturated rings. The monoisotopic (exact) mass is 461 g/mol. The number of benzene rings is 3. The van der Waals surface area contributed by atoms with Crippen molar-refractivity contribution in [3.05, 3.63) is 88.7 Å². The van der Waals surface area contributed by atoms with Gasteiger partial charge in [0.05, 0.1) is 5.02 Å². The van der Waals surface area contributed by atoms with E-state index in [0.717, 1.165) is 6.07 Å². The van der Waals surface area contributed by atoms with E-state index in [0.29, 0.717) is 23.2 Å². The lowest BCUT2D eigenvalue weighted by molar-refractivity contribution is -0.0258. The number of rotatable bonds is 5. The Hall–Kier alpha value is -3.03. The molecule has 1 amide bonds. The van der Waals surface area contributed by atoms with Gasteiger partial charge in [0.25, 0.3) is 0 Å². The predicted octanol–water partition coefficient (Wildman–Crippen LogP) is 6.05. The van der Waals surface area contributed by atoms with Gasteiger partial charge < -0.3 is 9.84 Å². The lowest BCUT2D eigenvalue weighted by Gasteiger charge is -2.41. The average molecular weight is 462 g/mol. The van der Waals surface area contributed by atoms with Crippen molar-refractivity contribution in [1.29, 1.82) is 0 Å². The number of anilines is 1. The Morgan fingerprint density at radius 2 is 1.69 bits per heavy atom. The minimum atomic E-state index is -1.10. The molecular weight excluding hydrogens is 443 g/mol. The Morgan fingerprint density at radius 3 is 2.34 bits per heavy atom. The molecule has 1 saturated heterocycles. The standard InChI is InChI=1S/C24H19ClF3NO3/c25-21-13-17(27)5-7-19(21)20-14-18(6-8-22(20)28)29-11-9-24(10-12-30,32-23(29)31)15-1-3-16(26)4-2-15/h1-8,13-14,30H,9-12H2. The summed E-state index contributed by atoms with van der Waals surface area (Å²) >= 11 is 6.09. The topological polar surface area (TPSA) is 49.8 Å². The Labute approximate surface area is 187 Å². The first-order chi connectivity index (χ1) is 15.3. The van der Waals surface area contributed by atoms with Crippen LogP contribution < -0.4 is 4.90 Å². The first kappa shape index (κ1) is 22.2. The number of cyclic esters (lactones) is 1. The zero-order valence-corrected chi connectivity index (χ0v) is 17.6. The molecule has 32 heavy (non-hydrogen) atoms. The molecule has 0 aliphatic carbocycles. The summed E-state index contributed by atoms with van der Waals surface area (Å²) in [5.74, 6) is -1.54. The molecule has 0 aromatic heterocycles. The average Bonchev–Trinajstić information content (AvgIpc) is 2.75. The summed E-state index contributed by atoms with van der Waals surface area (Å²) < 4.78 is 47.0. The van der Waals surface area contributed by atoms with Gasteiger partial charge in [-0.2, -0.15) is 0 Å². The number of aliphatic hydroxyl groups is 1. The van der Waals surface area contributed by atoms with Crippen molar-refractivity contribution >= 4 is 23.4 Å². The van der Waals surface area contributed by atoms with Crippen LogP contribution in [0.3, 0.4) is 0 Å². The van der Waals surface area contributed by atoms with Gasteiger partial charge in [-0.25, -0.2) is 18.0 Å². The minimum absolute atomic E-state index is 0.0422. The molecule has 3 aromatic carbocycles.